The van der Waals surface area contributed by atoms with Crippen molar-refractivity contribution in [1.29, 1.82) is 0 Å². The van der Waals surface area contributed by atoms with Gasteiger partial charge in [0.2, 0.25) is 0 Å². The Labute approximate surface area is 107 Å². The fourth-order valence-electron chi connectivity index (χ4n) is 1.43. The summed E-state index contributed by atoms with van der Waals surface area (Å²) in [5.41, 5.74) is 0.992. The average molecular weight is 256 g/mol. The summed E-state index contributed by atoms with van der Waals surface area (Å²) in [5, 5.41) is 9.84. The summed E-state index contributed by atoms with van der Waals surface area (Å²) in [6.45, 7) is 5.37. The molecule has 0 heterocycles. The molecular weight excluding hydrogens is 238 g/mol. The number of carbonyl (C=O) groups excluding carboxylic acids is 1. The fourth-order valence-corrected chi connectivity index (χ4v) is 1.74. The van der Waals surface area contributed by atoms with Crippen molar-refractivity contribution in [2.45, 2.75) is 26.3 Å². The lowest BCUT2D eigenvalue weighted by Crippen LogP contribution is -2.44. The number of hydrogen-bond donors (Lipinski definition) is 1. The molecule has 1 aromatic carbocycles. The summed E-state index contributed by atoms with van der Waals surface area (Å²) in [5.74, 6) is -0.0116. The minimum absolute atomic E-state index is 0.0116. The first-order chi connectivity index (χ1) is 7.79. The number of ketones is 1. The van der Waals surface area contributed by atoms with Gasteiger partial charge in [0.05, 0.1) is 22.9 Å². The summed E-state index contributed by atoms with van der Waals surface area (Å²) in [6.07, 6.45) is 0. The zero-order chi connectivity index (χ0) is 13.2. The second-order valence-electron chi connectivity index (χ2n) is 4.75. The standard InChI is InChI=1S/C13H18ClNO2/c1-9(17)10-5-6-12(11(14)7-10)15(4)13(2,3)8-16/h5-7,16H,8H2,1-4H3. The molecule has 0 aliphatic carbocycles. The van der Waals surface area contributed by atoms with Crippen LogP contribution in [0.15, 0.2) is 18.2 Å². The number of rotatable bonds is 4. The number of aliphatic hydroxyl groups excluding tert-OH is 1. The number of nitrogens with zero attached hydrogens (tertiary/aromatic N) is 1. The van der Waals surface area contributed by atoms with Crippen LogP contribution in [0.1, 0.15) is 31.1 Å². The second-order valence-corrected chi connectivity index (χ2v) is 5.16. The SMILES string of the molecule is CC(=O)c1ccc(N(C)C(C)(C)CO)c(Cl)c1. The van der Waals surface area contributed by atoms with E-state index in [-0.39, 0.29) is 12.4 Å². The number of anilines is 1. The number of likely N-dealkylation sites (N-methyl/N-ethyl adjacent to an activating group) is 1. The molecular formula is C13H18ClNO2. The fraction of sp³-hybridized carbons (Fsp3) is 0.462. The maximum atomic E-state index is 11.2. The maximum absolute atomic E-state index is 11.2. The van der Waals surface area contributed by atoms with Crippen LogP contribution in [-0.2, 0) is 0 Å². The highest BCUT2D eigenvalue weighted by atomic mass is 35.5. The predicted molar refractivity (Wildman–Crippen MR) is 71.0 cm³/mol. The van der Waals surface area contributed by atoms with E-state index >= 15 is 0 Å². The minimum atomic E-state index is -0.401. The molecule has 1 aromatic rings. The zero-order valence-electron chi connectivity index (χ0n) is 10.6. The van der Waals surface area contributed by atoms with Gasteiger partial charge >= 0.3 is 0 Å². The molecule has 0 saturated carbocycles. The molecule has 0 aromatic heterocycles. The molecule has 0 aliphatic rings. The van der Waals surface area contributed by atoms with E-state index in [1.165, 1.54) is 6.92 Å². The third-order valence-electron chi connectivity index (χ3n) is 3.01. The van der Waals surface area contributed by atoms with E-state index in [2.05, 4.69) is 0 Å². The highest BCUT2D eigenvalue weighted by Crippen LogP contribution is 2.30. The Kier molecular flexibility index (Phi) is 4.17. The van der Waals surface area contributed by atoms with Gasteiger partial charge in [0.1, 0.15) is 0 Å². The van der Waals surface area contributed by atoms with Gasteiger partial charge in [-0.2, -0.15) is 0 Å². The van der Waals surface area contributed by atoms with Crippen LogP contribution in [0, 0.1) is 0 Å². The van der Waals surface area contributed by atoms with Gasteiger partial charge in [0.25, 0.3) is 0 Å². The Hall–Kier alpha value is -1.06. The van der Waals surface area contributed by atoms with Crippen LogP contribution >= 0.6 is 11.6 Å². The van der Waals surface area contributed by atoms with Gasteiger partial charge < -0.3 is 10.0 Å². The number of Topliss-reactive ketones (excluding diaryl/α,β-unsaturated/α-hetero) is 1. The van der Waals surface area contributed by atoms with Crippen molar-refractivity contribution in [3.63, 3.8) is 0 Å². The monoisotopic (exact) mass is 255 g/mol. The Bertz CT molecular complexity index is 429. The number of carbonyl (C=O) groups is 1. The van der Waals surface area contributed by atoms with Crippen LogP contribution in [0.2, 0.25) is 5.02 Å². The van der Waals surface area contributed by atoms with E-state index in [0.717, 1.165) is 5.69 Å². The van der Waals surface area contributed by atoms with Crippen LogP contribution in [0.4, 0.5) is 5.69 Å². The lowest BCUT2D eigenvalue weighted by molar-refractivity contribution is 0.101. The molecule has 0 atom stereocenters. The molecule has 0 fully saturated rings. The van der Waals surface area contributed by atoms with Crippen LogP contribution < -0.4 is 4.90 Å². The molecule has 0 amide bonds. The highest BCUT2D eigenvalue weighted by molar-refractivity contribution is 6.33. The molecule has 0 saturated heterocycles. The Balaban J connectivity index is 3.12. The first-order valence-electron chi connectivity index (χ1n) is 5.45. The summed E-state index contributed by atoms with van der Waals surface area (Å²) in [6, 6.07) is 5.20. The molecule has 1 N–H and O–H groups in total. The quantitative estimate of drug-likeness (QED) is 0.841. The first kappa shape index (κ1) is 14.0. The predicted octanol–water partition coefficient (Wildman–Crippen LogP) is 2.75. The van der Waals surface area contributed by atoms with Gasteiger partial charge in [-0.1, -0.05) is 11.6 Å². The van der Waals surface area contributed by atoms with Gasteiger partial charge in [0, 0.05) is 12.6 Å². The molecule has 17 heavy (non-hydrogen) atoms. The van der Waals surface area contributed by atoms with Crippen LogP contribution in [-0.4, -0.2) is 30.1 Å². The third-order valence-corrected chi connectivity index (χ3v) is 3.31. The van der Waals surface area contributed by atoms with E-state index in [4.69, 9.17) is 11.6 Å². The van der Waals surface area contributed by atoms with Crippen molar-refractivity contribution in [2.75, 3.05) is 18.6 Å². The Morgan fingerprint density at radius 2 is 2.06 bits per heavy atom. The maximum Gasteiger partial charge on any atom is 0.159 e. The smallest absolute Gasteiger partial charge is 0.159 e. The van der Waals surface area contributed by atoms with Crippen LogP contribution in [0.25, 0.3) is 0 Å². The van der Waals surface area contributed by atoms with Crippen LogP contribution in [0.3, 0.4) is 0 Å². The molecule has 0 spiro atoms. The van der Waals surface area contributed by atoms with Gasteiger partial charge in [-0.05, 0) is 39.0 Å². The number of hydrogen-bond acceptors (Lipinski definition) is 3. The van der Waals surface area contributed by atoms with Gasteiger partial charge in [-0.3, -0.25) is 4.79 Å². The van der Waals surface area contributed by atoms with Gasteiger partial charge in [-0.25, -0.2) is 0 Å². The third kappa shape index (κ3) is 2.99. The topological polar surface area (TPSA) is 40.5 Å². The molecule has 0 unspecified atom stereocenters. The van der Waals surface area contributed by atoms with Crippen molar-refractivity contribution >= 4 is 23.1 Å². The summed E-state index contributed by atoms with van der Waals surface area (Å²) >= 11 is 6.16. The largest absolute Gasteiger partial charge is 0.394 e. The molecule has 3 nitrogen and oxygen atoms in total. The van der Waals surface area contributed by atoms with Crippen molar-refractivity contribution in [1.82, 2.24) is 0 Å². The van der Waals surface area contributed by atoms with Crippen LogP contribution in [0.5, 0.6) is 0 Å². The molecule has 94 valence electrons. The van der Waals surface area contributed by atoms with Crippen molar-refractivity contribution in [2.24, 2.45) is 0 Å². The normalized spacial score (nSPS) is 11.4. The molecule has 0 radical (unpaired) electrons. The molecule has 0 aliphatic heterocycles. The van der Waals surface area contributed by atoms with E-state index < -0.39 is 5.54 Å². The molecule has 4 heteroatoms. The van der Waals surface area contributed by atoms with Crippen molar-refractivity contribution in [3.05, 3.63) is 28.8 Å². The zero-order valence-corrected chi connectivity index (χ0v) is 11.4. The summed E-state index contributed by atoms with van der Waals surface area (Å²) in [4.78, 5) is 13.1. The number of halogens is 1. The lowest BCUT2D eigenvalue weighted by atomic mass is 10.0. The first-order valence-corrected chi connectivity index (χ1v) is 5.82. The second kappa shape index (κ2) is 5.07. The number of aliphatic hydroxyl groups is 1. The number of benzene rings is 1. The van der Waals surface area contributed by atoms with E-state index in [0.29, 0.717) is 10.6 Å². The summed E-state index contributed by atoms with van der Waals surface area (Å²) < 4.78 is 0. The van der Waals surface area contributed by atoms with E-state index in [9.17, 15) is 9.90 Å². The summed E-state index contributed by atoms with van der Waals surface area (Å²) in [7, 11) is 1.87. The highest BCUT2D eigenvalue weighted by Gasteiger charge is 2.24. The van der Waals surface area contributed by atoms with E-state index in [1.54, 1.807) is 18.2 Å². The Morgan fingerprint density at radius 3 is 2.47 bits per heavy atom. The van der Waals surface area contributed by atoms with E-state index in [1.807, 2.05) is 25.8 Å². The van der Waals surface area contributed by atoms with Crippen molar-refractivity contribution in [3.8, 4) is 0 Å². The lowest BCUT2D eigenvalue weighted by Gasteiger charge is -2.36. The van der Waals surface area contributed by atoms with Gasteiger partial charge in [-0.15, -0.1) is 0 Å². The molecule has 1 rings (SSSR count). The van der Waals surface area contributed by atoms with Gasteiger partial charge in [0.15, 0.2) is 5.78 Å². The average Bonchev–Trinajstić information content (AvgIpc) is 2.27. The minimum Gasteiger partial charge on any atom is -0.394 e. The Morgan fingerprint density at radius 1 is 1.47 bits per heavy atom. The van der Waals surface area contributed by atoms with Crippen molar-refractivity contribution < 1.29 is 9.90 Å². The molecule has 0 bridgehead atoms.